The van der Waals surface area contributed by atoms with Crippen molar-refractivity contribution in [3.63, 3.8) is 0 Å². The van der Waals surface area contributed by atoms with Crippen molar-refractivity contribution >= 4 is 5.91 Å². The van der Waals surface area contributed by atoms with E-state index in [0.717, 1.165) is 11.1 Å². The molecule has 0 aliphatic carbocycles. The number of carbonyl (C=O) groups is 1. The second kappa shape index (κ2) is 8.29. The Labute approximate surface area is 153 Å². The van der Waals surface area contributed by atoms with Gasteiger partial charge in [-0.15, -0.1) is 0 Å². The molecular weight excluding hydrogens is 332 g/mol. The van der Waals surface area contributed by atoms with Gasteiger partial charge in [0, 0.05) is 18.9 Å². The Morgan fingerprint density at radius 2 is 2.15 bits per heavy atom. The van der Waals surface area contributed by atoms with Crippen LogP contribution in [0.3, 0.4) is 0 Å². The minimum atomic E-state index is -1.24. The number of aliphatic hydroxyl groups is 1. The largest absolute Gasteiger partial charge is 0.490 e. The van der Waals surface area contributed by atoms with Crippen LogP contribution >= 0.6 is 0 Å². The third kappa shape index (κ3) is 5.03. The summed E-state index contributed by atoms with van der Waals surface area (Å²) in [6.45, 7) is 3.22. The number of hydrogen-bond acceptors (Lipinski definition) is 5. The van der Waals surface area contributed by atoms with Crippen LogP contribution in [0.5, 0.6) is 5.75 Å². The Bertz CT molecular complexity index is 738. The average molecular weight is 356 g/mol. The first kappa shape index (κ1) is 18.4. The van der Waals surface area contributed by atoms with E-state index in [1.165, 1.54) is 0 Å². The maximum Gasteiger partial charge on any atom is 0.227 e. The van der Waals surface area contributed by atoms with E-state index in [9.17, 15) is 9.90 Å². The summed E-state index contributed by atoms with van der Waals surface area (Å²) in [5, 5.41) is 10.9. The van der Waals surface area contributed by atoms with Gasteiger partial charge in [0.1, 0.15) is 18.0 Å². The van der Waals surface area contributed by atoms with E-state index in [2.05, 4.69) is 4.98 Å². The number of pyridine rings is 1. The van der Waals surface area contributed by atoms with Gasteiger partial charge in [-0.05, 0) is 42.3 Å². The predicted molar refractivity (Wildman–Crippen MR) is 97.0 cm³/mol. The van der Waals surface area contributed by atoms with Crippen molar-refractivity contribution in [3.8, 4) is 5.75 Å². The van der Waals surface area contributed by atoms with E-state index in [4.69, 9.17) is 9.47 Å². The second-order valence-electron chi connectivity index (χ2n) is 6.73. The molecule has 3 rings (SSSR count). The lowest BCUT2D eigenvalue weighted by atomic mass is 10.1. The van der Waals surface area contributed by atoms with Crippen molar-refractivity contribution in [2.45, 2.75) is 18.9 Å². The molecule has 0 radical (unpaired) electrons. The molecule has 0 spiro atoms. The standard InChI is InChI=1S/C20H24N2O4/c1-16-3-2-4-18(11-16)26-15-20(24)13-22(9-10-25-14-20)19(23)12-17-5-7-21-8-6-17/h2-8,11,24H,9-10,12-15H2,1H3. The highest BCUT2D eigenvalue weighted by atomic mass is 16.5. The molecule has 1 aliphatic heterocycles. The normalized spacial score (nSPS) is 20.5. The zero-order valence-electron chi connectivity index (χ0n) is 14.9. The molecule has 138 valence electrons. The quantitative estimate of drug-likeness (QED) is 0.881. The lowest BCUT2D eigenvalue weighted by Gasteiger charge is -2.30. The number of aryl methyl sites for hydroxylation is 1. The van der Waals surface area contributed by atoms with E-state index >= 15 is 0 Å². The van der Waals surface area contributed by atoms with Gasteiger partial charge in [0.2, 0.25) is 5.91 Å². The van der Waals surface area contributed by atoms with Gasteiger partial charge in [-0.2, -0.15) is 0 Å². The van der Waals surface area contributed by atoms with Crippen LogP contribution in [0.1, 0.15) is 11.1 Å². The summed E-state index contributed by atoms with van der Waals surface area (Å²) in [6, 6.07) is 11.3. The Balaban J connectivity index is 1.63. The Kier molecular flexibility index (Phi) is 5.85. The van der Waals surface area contributed by atoms with Gasteiger partial charge in [-0.25, -0.2) is 0 Å². The summed E-state index contributed by atoms with van der Waals surface area (Å²) in [5.41, 5.74) is 0.740. The number of carbonyl (C=O) groups excluding carboxylic acids is 1. The fourth-order valence-corrected chi connectivity index (χ4v) is 2.93. The number of β-amino-alcohol motifs (C(OH)–C–C–N with tert-alkyl or cyclic N) is 1. The highest BCUT2D eigenvalue weighted by Crippen LogP contribution is 2.18. The third-order valence-electron chi connectivity index (χ3n) is 4.32. The summed E-state index contributed by atoms with van der Waals surface area (Å²) >= 11 is 0. The van der Waals surface area contributed by atoms with Gasteiger partial charge < -0.3 is 19.5 Å². The SMILES string of the molecule is Cc1cccc(OCC2(O)COCCN(C(=O)Cc3ccncc3)C2)c1. The smallest absolute Gasteiger partial charge is 0.227 e. The minimum absolute atomic E-state index is 0.0457. The molecule has 1 unspecified atom stereocenters. The molecule has 1 aromatic heterocycles. The number of rotatable bonds is 5. The van der Waals surface area contributed by atoms with Crippen molar-refractivity contribution in [1.82, 2.24) is 9.88 Å². The molecule has 0 saturated carbocycles. The van der Waals surface area contributed by atoms with Gasteiger partial charge in [0.05, 0.1) is 26.2 Å². The zero-order valence-corrected chi connectivity index (χ0v) is 14.9. The number of benzene rings is 1. The highest BCUT2D eigenvalue weighted by molar-refractivity contribution is 5.78. The van der Waals surface area contributed by atoms with E-state index < -0.39 is 5.60 Å². The third-order valence-corrected chi connectivity index (χ3v) is 4.32. The number of amides is 1. The molecule has 1 aromatic carbocycles. The second-order valence-corrected chi connectivity index (χ2v) is 6.73. The Hall–Kier alpha value is -2.44. The lowest BCUT2D eigenvalue weighted by Crippen LogP contribution is -2.50. The molecule has 1 amide bonds. The average Bonchev–Trinajstić information content (AvgIpc) is 2.83. The number of aromatic nitrogens is 1. The van der Waals surface area contributed by atoms with Gasteiger partial charge in [0.15, 0.2) is 0 Å². The highest BCUT2D eigenvalue weighted by Gasteiger charge is 2.35. The van der Waals surface area contributed by atoms with Gasteiger partial charge in [0.25, 0.3) is 0 Å². The van der Waals surface area contributed by atoms with Gasteiger partial charge >= 0.3 is 0 Å². The topological polar surface area (TPSA) is 71.9 Å². The van der Waals surface area contributed by atoms with E-state index in [-0.39, 0.29) is 32.1 Å². The predicted octanol–water partition coefficient (Wildman–Crippen LogP) is 1.60. The molecule has 6 nitrogen and oxygen atoms in total. The molecule has 2 aromatic rings. The monoisotopic (exact) mass is 356 g/mol. The summed E-state index contributed by atoms with van der Waals surface area (Å²) in [6.07, 6.45) is 3.61. The number of ether oxygens (including phenoxy) is 2. The molecule has 1 fully saturated rings. The fourth-order valence-electron chi connectivity index (χ4n) is 2.93. The van der Waals surface area contributed by atoms with Gasteiger partial charge in [-0.1, -0.05) is 12.1 Å². The minimum Gasteiger partial charge on any atom is -0.490 e. The zero-order chi connectivity index (χ0) is 18.4. The fraction of sp³-hybridized carbons (Fsp3) is 0.400. The van der Waals surface area contributed by atoms with Crippen LogP contribution < -0.4 is 4.74 Å². The van der Waals surface area contributed by atoms with Crippen LogP contribution in [0.2, 0.25) is 0 Å². The Morgan fingerprint density at radius 3 is 2.92 bits per heavy atom. The van der Waals surface area contributed by atoms with Crippen LogP contribution in [0, 0.1) is 6.92 Å². The van der Waals surface area contributed by atoms with Crippen molar-refractivity contribution in [1.29, 1.82) is 0 Å². The van der Waals surface area contributed by atoms with Crippen molar-refractivity contribution in [2.24, 2.45) is 0 Å². The van der Waals surface area contributed by atoms with Crippen LogP contribution in [-0.4, -0.2) is 59.4 Å². The van der Waals surface area contributed by atoms with Crippen molar-refractivity contribution in [3.05, 3.63) is 59.9 Å². The maximum atomic E-state index is 12.6. The first-order valence-corrected chi connectivity index (χ1v) is 8.70. The first-order valence-electron chi connectivity index (χ1n) is 8.70. The summed E-state index contributed by atoms with van der Waals surface area (Å²) < 4.78 is 11.3. The molecule has 1 aliphatic rings. The molecule has 26 heavy (non-hydrogen) atoms. The molecule has 0 bridgehead atoms. The van der Waals surface area contributed by atoms with E-state index in [1.807, 2.05) is 43.3 Å². The van der Waals surface area contributed by atoms with Gasteiger partial charge in [-0.3, -0.25) is 9.78 Å². The lowest BCUT2D eigenvalue weighted by molar-refractivity contribution is -0.134. The van der Waals surface area contributed by atoms with Crippen LogP contribution in [0.25, 0.3) is 0 Å². The van der Waals surface area contributed by atoms with Crippen molar-refractivity contribution < 1.29 is 19.4 Å². The number of hydrogen-bond donors (Lipinski definition) is 1. The molecule has 1 saturated heterocycles. The van der Waals surface area contributed by atoms with Crippen molar-refractivity contribution in [2.75, 3.05) is 32.9 Å². The van der Waals surface area contributed by atoms with Crippen LogP contribution in [-0.2, 0) is 16.0 Å². The molecule has 1 atom stereocenters. The molecule has 6 heteroatoms. The summed E-state index contributed by atoms with van der Waals surface area (Å²) in [4.78, 5) is 18.2. The first-order chi connectivity index (χ1) is 12.5. The summed E-state index contributed by atoms with van der Waals surface area (Å²) in [5.74, 6) is 0.646. The summed E-state index contributed by atoms with van der Waals surface area (Å²) in [7, 11) is 0. The maximum absolute atomic E-state index is 12.6. The van der Waals surface area contributed by atoms with E-state index in [1.54, 1.807) is 17.3 Å². The molecular formula is C20H24N2O4. The van der Waals surface area contributed by atoms with Crippen LogP contribution in [0.4, 0.5) is 0 Å². The molecule has 2 heterocycles. The Morgan fingerprint density at radius 1 is 1.35 bits per heavy atom. The van der Waals surface area contributed by atoms with Crippen LogP contribution in [0.15, 0.2) is 48.8 Å². The van der Waals surface area contributed by atoms with E-state index in [0.29, 0.717) is 18.9 Å². The number of nitrogens with zero attached hydrogens (tertiary/aromatic N) is 2. The molecule has 1 N–H and O–H groups in total.